The van der Waals surface area contributed by atoms with Crippen molar-refractivity contribution in [3.05, 3.63) is 58.3 Å². The highest BCUT2D eigenvalue weighted by atomic mass is 32.2. The van der Waals surface area contributed by atoms with Gasteiger partial charge in [0.25, 0.3) is 0 Å². The lowest BCUT2D eigenvalue weighted by atomic mass is 9.90. The van der Waals surface area contributed by atoms with Crippen molar-refractivity contribution in [2.75, 3.05) is 13.1 Å². The summed E-state index contributed by atoms with van der Waals surface area (Å²) in [6.07, 6.45) is 3.23. The van der Waals surface area contributed by atoms with Crippen LogP contribution in [-0.2, 0) is 17.8 Å². The predicted molar refractivity (Wildman–Crippen MR) is 116 cm³/mol. The van der Waals surface area contributed by atoms with E-state index < -0.39 is 0 Å². The van der Waals surface area contributed by atoms with Crippen LogP contribution >= 0.6 is 23.1 Å². The maximum absolute atomic E-state index is 12.9. The van der Waals surface area contributed by atoms with Crippen molar-refractivity contribution in [3.8, 4) is 0 Å². The average Bonchev–Trinajstić information content (AvgIpc) is 3.42. The minimum absolute atomic E-state index is 0.179. The Hall–Kier alpha value is -2.19. The molecule has 1 aliphatic rings. The molecule has 6 nitrogen and oxygen atoms in total. The van der Waals surface area contributed by atoms with E-state index in [0.29, 0.717) is 17.6 Å². The number of hydrogen-bond donors (Lipinski definition) is 0. The normalized spacial score (nSPS) is 16.1. The van der Waals surface area contributed by atoms with Gasteiger partial charge in [-0.1, -0.05) is 48.2 Å². The summed E-state index contributed by atoms with van der Waals surface area (Å²) >= 11 is 3.12. The van der Waals surface area contributed by atoms with Gasteiger partial charge in [-0.05, 0) is 59.5 Å². The quantitative estimate of drug-likeness (QED) is 0.538. The van der Waals surface area contributed by atoms with Crippen molar-refractivity contribution < 1.29 is 4.79 Å². The summed E-state index contributed by atoms with van der Waals surface area (Å²) in [4.78, 5) is 16.1. The van der Waals surface area contributed by atoms with Crippen LogP contribution in [0.5, 0.6) is 0 Å². The summed E-state index contributed by atoms with van der Waals surface area (Å²) in [5.41, 5.74) is 1.39. The first kappa shape index (κ1) is 20.1. The fourth-order valence-electron chi connectivity index (χ4n) is 3.70. The lowest BCUT2D eigenvalue weighted by Gasteiger charge is -2.33. The van der Waals surface area contributed by atoms with Gasteiger partial charge < -0.3 is 4.90 Å². The highest BCUT2D eigenvalue weighted by molar-refractivity contribution is 8.00. The van der Waals surface area contributed by atoms with E-state index in [1.807, 2.05) is 23.3 Å². The Labute approximate surface area is 179 Å². The second-order valence-corrected chi connectivity index (χ2v) is 9.76. The number of carbonyl (C=O) groups excluding carboxylic acids is 1. The molecule has 152 valence electrons. The molecule has 1 atom stereocenters. The third kappa shape index (κ3) is 5.25. The molecular weight excluding hydrogens is 402 g/mol. The maximum atomic E-state index is 12.9. The number of carbonyl (C=O) groups is 1. The van der Waals surface area contributed by atoms with Crippen molar-refractivity contribution in [2.24, 2.45) is 5.92 Å². The molecule has 29 heavy (non-hydrogen) atoms. The number of benzene rings is 1. The molecule has 0 saturated carbocycles. The fraction of sp³-hybridized carbons (Fsp3) is 0.429. The summed E-state index contributed by atoms with van der Waals surface area (Å²) < 4.78 is 1.77. The highest BCUT2D eigenvalue weighted by Crippen LogP contribution is 2.26. The van der Waals surface area contributed by atoms with Crippen LogP contribution in [0.15, 0.2) is 53.0 Å². The lowest BCUT2D eigenvalue weighted by molar-refractivity contribution is -0.131. The van der Waals surface area contributed by atoms with Gasteiger partial charge in [-0.25, -0.2) is 4.68 Å². The second-order valence-electron chi connectivity index (χ2n) is 7.42. The first-order valence-corrected chi connectivity index (χ1v) is 11.7. The first-order valence-electron chi connectivity index (χ1n) is 9.97. The summed E-state index contributed by atoms with van der Waals surface area (Å²) in [6.45, 7) is 4.26. The predicted octanol–water partition coefficient (Wildman–Crippen LogP) is 3.74. The van der Waals surface area contributed by atoms with Crippen LogP contribution in [0.4, 0.5) is 0 Å². The number of piperidine rings is 1. The van der Waals surface area contributed by atoms with E-state index in [4.69, 9.17) is 0 Å². The van der Waals surface area contributed by atoms with Crippen molar-refractivity contribution in [1.82, 2.24) is 25.1 Å². The zero-order valence-electron chi connectivity index (χ0n) is 16.5. The Morgan fingerprint density at radius 2 is 2.00 bits per heavy atom. The van der Waals surface area contributed by atoms with Crippen LogP contribution in [0.25, 0.3) is 0 Å². The Morgan fingerprint density at radius 3 is 2.72 bits per heavy atom. The van der Waals surface area contributed by atoms with E-state index in [-0.39, 0.29) is 11.2 Å². The van der Waals surface area contributed by atoms with Gasteiger partial charge in [-0.15, -0.1) is 16.4 Å². The van der Waals surface area contributed by atoms with Gasteiger partial charge in [0.2, 0.25) is 11.1 Å². The van der Waals surface area contributed by atoms with Crippen LogP contribution in [0.3, 0.4) is 0 Å². The molecule has 8 heteroatoms. The molecular formula is C21H25N5OS2. The Bertz CT molecular complexity index is 904. The molecule has 1 fully saturated rings. The van der Waals surface area contributed by atoms with Crippen LogP contribution < -0.4 is 0 Å². The van der Waals surface area contributed by atoms with E-state index in [1.165, 1.54) is 22.2 Å². The molecule has 0 aliphatic carbocycles. The number of thiophene rings is 1. The minimum Gasteiger partial charge on any atom is -0.342 e. The average molecular weight is 428 g/mol. The van der Waals surface area contributed by atoms with Crippen molar-refractivity contribution in [3.63, 3.8) is 0 Å². The van der Waals surface area contributed by atoms with Crippen LogP contribution in [0.2, 0.25) is 0 Å². The molecule has 0 bridgehead atoms. The fourth-order valence-corrected chi connectivity index (χ4v) is 5.26. The third-order valence-electron chi connectivity index (χ3n) is 5.31. The lowest BCUT2D eigenvalue weighted by Crippen LogP contribution is -2.42. The SMILES string of the molecule is CC(Sc1nnnn1Cc1cccs1)C(=O)N1CCC(Cc2ccccc2)CC1. The van der Waals surface area contributed by atoms with E-state index in [0.717, 1.165) is 32.4 Å². The zero-order chi connectivity index (χ0) is 20.1. The number of rotatable bonds is 7. The molecule has 3 aromatic rings. The largest absolute Gasteiger partial charge is 0.342 e. The van der Waals surface area contributed by atoms with Crippen LogP contribution in [-0.4, -0.2) is 49.4 Å². The van der Waals surface area contributed by atoms with Crippen LogP contribution in [0, 0.1) is 5.92 Å². The van der Waals surface area contributed by atoms with Gasteiger partial charge in [0.15, 0.2) is 0 Å². The molecule has 3 heterocycles. The zero-order valence-corrected chi connectivity index (χ0v) is 18.1. The maximum Gasteiger partial charge on any atom is 0.235 e. The number of aromatic nitrogens is 4. The molecule has 1 aliphatic heterocycles. The second kappa shape index (κ2) is 9.54. The first-order chi connectivity index (χ1) is 14.2. The van der Waals surface area contributed by atoms with Crippen molar-refractivity contribution in [1.29, 1.82) is 0 Å². The molecule has 0 spiro atoms. The Kier molecular flexibility index (Phi) is 6.61. The number of hydrogen-bond acceptors (Lipinski definition) is 6. The van der Waals surface area contributed by atoms with Gasteiger partial charge in [0, 0.05) is 18.0 Å². The number of likely N-dealkylation sites (tertiary alicyclic amines) is 1. The molecule has 0 N–H and O–H groups in total. The van der Waals surface area contributed by atoms with Gasteiger partial charge in [-0.2, -0.15) is 0 Å². The Balaban J connectivity index is 1.29. The molecule has 0 radical (unpaired) electrons. The van der Waals surface area contributed by atoms with Crippen molar-refractivity contribution in [2.45, 2.75) is 43.1 Å². The van der Waals surface area contributed by atoms with Gasteiger partial charge in [0.05, 0.1) is 11.8 Å². The number of tetrazole rings is 1. The number of amides is 1. The highest BCUT2D eigenvalue weighted by Gasteiger charge is 2.27. The van der Waals surface area contributed by atoms with Crippen LogP contribution in [0.1, 0.15) is 30.2 Å². The van der Waals surface area contributed by atoms with E-state index in [9.17, 15) is 4.79 Å². The summed E-state index contributed by atoms with van der Waals surface area (Å²) in [5.74, 6) is 0.835. The monoisotopic (exact) mass is 427 g/mol. The smallest absolute Gasteiger partial charge is 0.235 e. The van der Waals surface area contributed by atoms with Gasteiger partial charge >= 0.3 is 0 Å². The standard InChI is InChI=1S/C21H25N5OS2/c1-16(29-21-22-23-24-26(21)15-19-8-5-13-28-19)20(27)25-11-9-18(10-12-25)14-17-6-3-2-4-7-17/h2-8,13,16,18H,9-12,14-15H2,1H3. The molecule has 1 aromatic carbocycles. The molecule has 1 unspecified atom stereocenters. The van der Waals surface area contributed by atoms with E-state index in [1.54, 1.807) is 16.0 Å². The summed E-state index contributed by atoms with van der Waals surface area (Å²) in [5, 5.41) is 14.5. The minimum atomic E-state index is -0.200. The van der Waals surface area contributed by atoms with Gasteiger partial charge in [-0.3, -0.25) is 4.79 Å². The Morgan fingerprint density at radius 1 is 1.21 bits per heavy atom. The molecule has 1 saturated heterocycles. The third-order valence-corrected chi connectivity index (χ3v) is 7.23. The number of nitrogens with zero attached hydrogens (tertiary/aromatic N) is 5. The molecule has 1 amide bonds. The van der Waals surface area contributed by atoms with E-state index in [2.05, 4.69) is 51.9 Å². The van der Waals surface area contributed by atoms with E-state index >= 15 is 0 Å². The number of thioether (sulfide) groups is 1. The molecule has 2 aromatic heterocycles. The summed E-state index contributed by atoms with van der Waals surface area (Å²) in [6, 6.07) is 14.7. The summed E-state index contributed by atoms with van der Waals surface area (Å²) in [7, 11) is 0. The topological polar surface area (TPSA) is 63.9 Å². The van der Waals surface area contributed by atoms with Gasteiger partial charge in [0.1, 0.15) is 0 Å². The van der Waals surface area contributed by atoms with Crippen molar-refractivity contribution >= 4 is 29.0 Å². The molecule has 4 rings (SSSR count).